The number of benzene rings is 2. The molecule has 26 heavy (non-hydrogen) atoms. The second-order valence-corrected chi connectivity index (χ2v) is 5.95. The lowest BCUT2D eigenvalue weighted by Crippen LogP contribution is -2.31. The van der Waals surface area contributed by atoms with Crippen molar-refractivity contribution in [1.82, 2.24) is 9.88 Å². The molecule has 0 amide bonds. The zero-order valence-electron chi connectivity index (χ0n) is 14.5. The van der Waals surface area contributed by atoms with Gasteiger partial charge in [0.25, 0.3) is 0 Å². The number of rotatable bonds is 8. The molecule has 0 bridgehead atoms. The fourth-order valence-corrected chi connectivity index (χ4v) is 2.75. The Morgan fingerprint density at radius 3 is 2.58 bits per heavy atom. The molecule has 0 atom stereocenters. The van der Waals surface area contributed by atoms with Crippen molar-refractivity contribution in [2.75, 3.05) is 19.6 Å². The van der Waals surface area contributed by atoms with Crippen molar-refractivity contribution < 1.29 is 8.81 Å². The van der Waals surface area contributed by atoms with E-state index in [-0.39, 0.29) is 18.2 Å². The minimum atomic E-state index is -0.301. The van der Waals surface area contributed by atoms with E-state index < -0.39 is 0 Å². The summed E-state index contributed by atoms with van der Waals surface area (Å²) in [6.45, 7) is 2.92. The molecule has 138 valence electrons. The maximum Gasteiger partial charge on any atom is 0.226 e. The second kappa shape index (κ2) is 10.1. The van der Waals surface area contributed by atoms with Gasteiger partial charge in [0.2, 0.25) is 5.89 Å². The van der Waals surface area contributed by atoms with Gasteiger partial charge in [0, 0.05) is 31.7 Å². The smallest absolute Gasteiger partial charge is 0.226 e. The van der Waals surface area contributed by atoms with Gasteiger partial charge in [-0.3, -0.25) is 4.90 Å². The molecule has 0 saturated carbocycles. The van der Waals surface area contributed by atoms with Gasteiger partial charge in [0.05, 0.1) is 5.69 Å². The summed E-state index contributed by atoms with van der Waals surface area (Å²) in [4.78, 5) is 6.73. The maximum atomic E-state index is 13.3. The molecule has 0 unspecified atom stereocenters. The van der Waals surface area contributed by atoms with Crippen LogP contribution in [0.15, 0.2) is 65.3 Å². The standard InChI is InChI=1S/C20H22FN3O.ClH/c21-18-8-4-7-17(13-18)20-23-19(15-25-20)14-24(12-10-22)11-9-16-5-2-1-3-6-16;/h1-8,13,15H,9-12,14,22H2;1H. The number of hydrogen-bond acceptors (Lipinski definition) is 4. The highest BCUT2D eigenvalue weighted by Crippen LogP contribution is 2.20. The number of halogens is 2. The molecule has 0 radical (unpaired) electrons. The highest BCUT2D eigenvalue weighted by atomic mass is 35.5. The van der Waals surface area contributed by atoms with Crippen LogP contribution in [0.25, 0.3) is 11.5 Å². The van der Waals surface area contributed by atoms with E-state index >= 15 is 0 Å². The molecule has 0 saturated heterocycles. The van der Waals surface area contributed by atoms with Crippen molar-refractivity contribution in [3.05, 3.63) is 77.9 Å². The molecule has 0 spiro atoms. The number of nitrogens with zero attached hydrogens (tertiary/aromatic N) is 2. The van der Waals surface area contributed by atoms with E-state index in [0.29, 0.717) is 24.5 Å². The van der Waals surface area contributed by atoms with Crippen LogP contribution in [-0.4, -0.2) is 29.5 Å². The first-order valence-electron chi connectivity index (χ1n) is 8.41. The van der Waals surface area contributed by atoms with Crippen molar-refractivity contribution in [1.29, 1.82) is 0 Å². The van der Waals surface area contributed by atoms with Crippen LogP contribution in [-0.2, 0) is 13.0 Å². The van der Waals surface area contributed by atoms with Gasteiger partial charge in [-0.1, -0.05) is 36.4 Å². The third kappa shape index (κ3) is 5.66. The third-order valence-corrected chi connectivity index (χ3v) is 4.01. The maximum absolute atomic E-state index is 13.3. The number of oxazole rings is 1. The Hall–Kier alpha value is -2.21. The van der Waals surface area contributed by atoms with Gasteiger partial charge in [-0.05, 0) is 30.2 Å². The summed E-state index contributed by atoms with van der Waals surface area (Å²) in [6.07, 6.45) is 2.59. The van der Waals surface area contributed by atoms with Gasteiger partial charge in [-0.15, -0.1) is 12.4 Å². The van der Waals surface area contributed by atoms with E-state index in [4.69, 9.17) is 10.2 Å². The molecular weight excluding hydrogens is 353 g/mol. The van der Waals surface area contributed by atoms with E-state index in [2.05, 4.69) is 22.0 Å². The van der Waals surface area contributed by atoms with Crippen molar-refractivity contribution in [3.8, 4) is 11.5 Å². The van der Waals surface area contributed by atoms with Crippen LogP contribution in [0, 0.1) is 5.82 Å². The van der Waals surface area contributed by atoms with Crippen molar-refractivity contribution in [3.63, 3.8) is 0 Å². The molecule has 4 nitrogen and oxygen atoms in total. The van der Waals surface area contributed by atoms with Crippen LogP contribution < -0.4 is 5.73 Å². The second-order valence-electron chi connectivity index (χ2n) is 5.95. The Labute approximate surface area is 159 Å². The summed E-state index contributed by atoms with van der Waals surface area (Å²) in [5.41, 5.74) is 8.49. The van der Waals surface area contributed by atoms with Crippen molar-refractivity contribution >= 4 is 12.4 Å². The fraction of sp³-hybridized carbons (Fsp3) is 0.250. The number of aromatic nitrogens is 1. The van der Waals surface area contributed by atoms with Gasteiger partial charge in [0.15, 0.2) is 0 Å². The Morgan fingerprint density at radius 2 is 1.85 bits per heavy atom. The first kappa shape index (κ1) is 20.1. The predicted molar refractivity (Wildman–Crippen MR) is 104 cm³/mol. The summed E-state index contributed by atoms with van der Waals surface area (Å²) in [6, 6.07) is 16.6. The molecule has 3 aromatic rings. The SMILES string of the molecule is Cl.NCCN(CCc1ccccc1)Cc1coc(-c2cccc(F)c2)n1. The largest absolute Gasteiger partial charge is 0.444 e. The Bertz CT molecular complexity index is 795. The van der Waals surface area contributed by atoms with Crippen molar-refractivity contribution in [2.24, 2.45) is 5.73 Å². The lowest BCUT2D eigenvalue weighted by Gasteiger charge is -2.20. The highest BCUT2D eigenvalue weighted by Gasteiger charge is 2.11. The zero-order valence-corrected chi connectivity index (χ0v) is 15.3. The molecule has 6 heteroatoms. The van der Waals surface area contributed by atoms with Gasteiger partial charge in [-0.25, -0.2) is 9.37 Å². The molecule has 0 fully saturated rings. The van der Waals surface area contributed by atoms with E-state index in [1.54, 1.807) is 18.4 Å². The topological polar surface area (TPSA) is 55.3 Å². The van der Waals surface area contributed by atoms with Crippen LogP contribution in [0.4, 0.5) is 4.39 Å². The van der Waals surface area contributed by atoms with E-state index in [0.717, 1.165) is 25.2 Å². The summed E-state index contributed by atoms with van der Waals surface area (Å²) in [5, 5.41) is 0. The summed E-state index contributed by atoms with van der Waals surface area (Å²) in [5.74, 6) is 0.134. The molecule has 2 aromatic carbocycles. The third-order valence-electron chi connectivity index (χ3n) is 4.01. The Morgan fingerprint density at radius 1 is 1.04 bits per heavy atom. The Kier molecular flexibility index (Phi) is 7.78. The lowest BCUT2D eigenvalue weighted by molar-refractivity contribution is 0.273. The zero-order chi connectivity index (χ0) is 17.5. The molecule has 3 rings (SSSR count). The van der Waals surface area contributed by atoms with Crippen LogP contribution in [0.1, 0.15) is 11.3 Å². The van der Waals surface area contributed by atoms with Gasteiger partial charge in [0.1, 0.15) is 12.1 Å². The van der Waals surface area contributed by atoms with Crippen molar-refractivity contribution in [2.45, 2.75) is 13.0 Å². The molecule has 0 aliphatic rings. The number of nitrogens with two attached hydrogens (primary N) is 1. The van der Waals surface area contributed by atoms with Gasteiger partial charge >= 0.3 is 0 Å². The quantitative estimate of drug-likeness (QED) is 0.648. The molecule has 1 aromatic heterocycles. The minimum Gasteiger partial charge on any atom is -0.444 e. The molecule has 1 heterocycles. The molecule has 2 N–H and O–H groups in total. The van der Waals surface area contributed by atoms with Gasteiger partial charge in [-0.2, -0.15) is 0 Å². The van der Waals surface area contributed by atoms with Crippen LogP contribution >= 0.6 is 12.4 Å². The Balaban J connectivity index is 0.00000243. The molecular formula is C20H23ClFN3O. The van der Waals surface area contributed by atoms with Crippen LogP contribution in [0.2, 0.25) is 0 Å². The summed E-state index contributed by atoms with van der Waals surface area (Å²) < 4.78 is 18.9. The molecule has 0 aliphatic carbocycles. The summed E-state index contributed by atoms with van der Waals surface area (Å²) >= 11 is 0. The molecule has 0 aliphatic heterocycles. The number of hydrogen-bond donors (Lipinski definition) is 1. The van der Waals surface area contributed by atoms with Crippen LogP contribution in [0.3, 0.4) is 0 Å². The first-order valence-corrected chi connectivity index (χ1v) is 8.41. The minimum absolute atomic E-state index is 0. The van der Waals surface area contributed by atoms with Gasteiger partial charge < -0.3 is 10.2 Å². The highest BCUT2D eigenvalue weighted by molar-refractivity contribution is 5.85. The predicted octanol–water partition coefficient (Wildman–Crippen LogP) is 3.91. The summed E-state index contributed by atoms with van der Waals surface area (Å²) in [7, 11) is 0. The van der Waals surface area contributed by atoms with E-state index in [1.165, 1.54) is 17.7 Å². The normalized spacial score (nSPS) is 10.7. The first-order chi connectivity index (χ1) is 12.2. The average molecular weight is 376 g/mol. The van der Waals surface area contributed by atoms with E-state index in [9.17, 15) is 4.39 Å². The van der Waals surface area contributed by atoms with Crippen LogP contribution in [0.5, 0.6) is 0 Å². The monoisotopic (exact) mass is 375 g/mol. The fourth-order valence-electron chi connectivity index (χ4n) is 2.75. The van der Waals surface area contributed by atoms with E-state index in [1.807, 2.05) is 18.2 Å². The average Bonchev–Trinajstić information content (AvgIpc) is 3.09. The lowest BCUT2D eigenvalue weighted by atomic mass is 10.1.